The van der Waals surface area contributed by atoms with Crippen LogP contribution in [0.2, 0.25) is 6.04 Å². The fourth-order valence-electron chi connectivity index (χ4n) is 1.04. The zero-order valence-corrected chi connectivity index (χ0v) is 14.7. The average molecular weight is 303 g/mol. The van der Waals surface area contributed by atoms with Crippen molar-refractivity contribution < 1.29 is 22.1 Å². The molecule has 0 saturated heterocycles. The monoisotopic (exact) mass is 302 g/mol. The molecule has 0 radical (unpaired) electrons. The zero-order chi connectivity index (χ0) is 13.5. The Bertz CT molecular complexity index is 131. The highest BCUT2D eigenvalue weighted by Gasteiger charge is 2.07. The topological polar surface area (TPSA) is 46.2 Å². The van der Waals surface area contributed by atoms with Gasteiger partial charge in [-0.3, -0.25) is 0 Å². The zero-order valence-electron chi connectivity index (χ0n) is 11.5. The molecule has 0 aromatic heterocycles. The molecule has 0 fully saturated rings. The maximum atomic E-state index is 5.14. The van der Waals surface area contributed by atoms with Crippen molar-refractivity contribution in [1.82, 2.24) is 0 Å². The molecule has 106 valence electrons. The van der Waals surface area contributed by atoms with Crippen molar-refractivity contribution in [2.45, 2.75) is 18.9 Å². The lowest BCUT2D eigenvalue weighted by atomic mass is 10.4. The highest BCUT2D eigenvalue weighted by Crippen LogP contribution is 2.02. The van der Waals surface area contributed by atoms with Gasteiger partial charge in [0.05, 0.1) is 0 Å². The summed E-state index contributed by atoms with van der Waals surface area (Å²) >= 11 is 4.12. The Morgan fingerprint density at radius 3 is 1.47 bits per heavy atom. The van der Waals surface area contributed by atoms with E-state index in [2.05, 4.69) is 12.6 Å². The third kappa shape index (κ3) is 14.5. The molecule has 5 nitrogen and oxygen atoms in total. The summed E-state index contributed by atoms with van der Waals surface area (Å²) in [6.07, 6.45) is 2.35. The molecule has 0 aromatic carbocycles. The van der Waals surface area contributed by atoms with Crippen LogP contribution in [0.25, 0.3) is 0 Å². The van der Waals surface area contributed by atoms with E-state index in [0.29, 0.717) is 0 Å². The van der Waals surface area contributed by atoms with Crippen LogP contribution in [0.1, 0.15) is 12.8 Å². The number of thiol groups is 1. The quantitative estimate of drug-likeness (QED) is 0.389. The summed E-state index contributed by atoms with van der Waals surface area (Å²) in [5.41, 5.74) is 0. The predicted molar refractivity (Wildman–Crippen MR) is 77.2 cm³/mol. The van der Waals surface area contributed by atoms with Gasteiger partial charge in [0.15, 0.2) is 0 Å². The van der Waals surface area contributed by atoms with Crippen molar-refractivity contribution in [2.75, 3.05) is 41.3 Å². The van der Waals surface area contributed by atoms with E-state index in [9.17, 15) is 0 Å². The van der Waals surface area contributed by atoms with Crippen LogP contribution in [0.15, 0.2) is 0 Å². The number of rotatable bonds is 9. The molecule has 0 N–H and O–H groups in total. The minimum Gasteiger partial charge on any atom is -0.400 e. The van der Waals surface area contributed by atoms with Crippen molar-refractivity contribution in [3.05, 3.63) is 0 Å². The van der Waals surface area contributed by atoms with Gasteiger partial charge in [0, 0.05) is 35.5 Å². The number of hydrogen-bond donors (Lipinski definition) is 1. The Labute approximate surface area is 114 Å². The minimum atomic E-state index is -1.67. The maximum absolute atomic E-state index is 5.14. The average Bonchev–Trinajstić information content (AvgIpc) is 2.38. The first-order chi connectivity index (χ1) is 8.19. The maximum Gasteiger partial charge on any atom is 0.483 e. The van der Waals surface area contributed by atoms with Crippen molar-refractivity contribution in [3.63, 3.8) is 0 Å². The van der Waals surface area contributed by atoms with Crippen LogP contribution in [0, 0.1) is 0 Å². The number of unbranched alkanes of at least 4 members (excludes halogenated alkanes) is 1. The number of hydrogen-bond acceptors (Lipinski definition) is 6. The molecule has 0 saturated carbocycles. The Morgan fingerprint density at radius 1 is 0.765 bits per heavy atom. The van der Waals surface area contributed by atoms with Gasteiger partial charge in [-0.25, -0.2) is 0 Å². The van der Waals surface area contributed by atoms with Crippen LogP contribution in [0.4, 0.5) is 0 Å². The lowest BCUT2D eigenvalue weighted by molar-refractivity contribution is 0.163. The summed E-state index contributed by atoms with van der Waals surface area (Å²) in [6, 6.07) is 1.10. The lowest BCUT2D eigenvalue weighted by Crippen LogP contribution is -2.21. The largest absolute Gasteiger partial charge is 0.483 e. The molecule has 0 aliphatic rings. The first-order valence-corrected chi connectivity index (χ1v) is 9.25. The second kappa shape index (κ2) is 16.6. The summed E-state index contributed by atoms with van der Waals surface area (Å²) < 4.78 is 24.5. The van der Waals surface area contributed by atoms with Gasteiger partial charge in [0.1, 0.15) is 0 Å². The fourth-order valence-corrected chi connectivity index (χ4v) is 3.13. The molecular weight excluding hydrogens is 276 g/mol. The molecule has 0 spiro atoms. The third-order valence-corrected chi connectivity index (χ3v) is 5.35. The first-order valence-electron chi connectivity index (χ1n) is 5.44. The summed E-state index contributed by atoms with van der Waals surface area (Å²) in [7, 11) is 5.24. The lowest BCUT2D eigenvalue weighted by Gasteiger charge is -2.09. The molecular formula is C9H26O5SSi2. The third-order valence-electron chi connectivity index (χ3n) is 1.95. The molecule has 0 atom stereocenters. The van der Waals surface area contributed by atoms with Crippen molar-refractivity contribution in [2.24, 2.45) is 0 Å². The summed E-state index contributed by atoms with van der Waals surface area (Å²) in [5.74, 6) is 0.967. The molecule has 0 rings (SSSR count). The fraction of sp³-hybridized carbons (Fsp3) is 1.00. The van der Waals surface area contributed by atoms with Crippen LogP contribution < -0.4 is 0 Å². The second-order valence-corrected chi connectivity index (χ2v) is 7.93. The minimum absolute atomic E-state index is 0.967. The van der Waals surface area contributed by atoms with E-state index in [1.807, 2.05) is 0 Å². The second-order valence-electron chi connectivity index (χ2n) is 3.12. The summed E-state index contributed by atoms with van der Waals surface area (Å²) in [5, 5.41) is 0. The SMILES string of the molecule is CO[SiH](CCCCS)OC.CO[SiH](OC)OC. The molecule has 0 aromatic rings. The summed E-state index contributed by atoms with van der Waals surface area (Å²) in [4.78, 5) is 0. The van der Waals surface area contributed by atoms with E-state index in [0.717, 1.165) is 11.8 Å². The van der Waals surface area contributed by atoms with Crippen molar-refractivity contribution in [1.29, 1.82) is 0 Å². The van der Waals surface area contributed by atoms with Crippen LogP contribution in [-0.2, 0) is 22.1 Å². The smallest absolute Gasteiger partial charge is 0.400 e. The first kappa shape index (κ1) is 19.9. The molecule has 0 bridgehead atoms. The van der Waals surface area contributed by atoms with Crippen molar-refractivity contribution >= 4 is 31.4 Å². The van der Waals surface area contributed by atoms with E-state index in [-0.39, 0.29) is 0 Å². The Balaban J connectivity index is 0. The van der Waals surface area contributed by atoms with Crippen LogP contribution >= 0.6 is 12.6 Å². The highest BCUT2D eigenvalue weighted by atomic mass is 32.1. The van der Waals surface area contributed by atoms with Gasteiger partial charge in [0.2, 0.25) is 0 Å². The van der Waals surface area contributed by atoms with Crippen LogP contribution in [0.3, 0.4) is 0 Å². The van der Waals surface area contributed by atoms with Gasteiger partial charge in [-0.2, -0.15) is 12.6 Å². The van der Waals surface area contributed by atoms with E-state index in [1.54, 1.807) is 35.5 Å². The Hall–Kier alpha value is 0.584. The van der Waals surface area contributed by atoms with Gasteiger partial charge in [-0.15, -0.1) is 0 Å². The van der Waals surface area contributed by atoms with Gasteiger partial charge < -0.3 is 22.1 Å². The standard InChI is InChI=1S/C6H16O2SSi.C3H10O3Si/c1-7-10(8-2)6-4-3-5-9;1-4-7(5-2)6-3/h9-10H,3-6H2,1-2H3;7H,1-3H3. The van der Waals surface area contributed by atoms with E-state index < -0.39 is 18.8 Å². The Kier molecular flexibility index (Phi) is 19.4. The van der Waals surface area contributed by atoms with E-state index in [4.69, 9.17) is 22.1 Å². The summed E-state index contributed by atoms with van der Waals surface area (Å²) in [6.45, 7) is 0. The van der Waals surface area contributed by atoms with E-state index >= 15 is 0 Å². The van der Waals surface area contributed by atoms with Crippen LogP contribution in [-0.4, -0.2) is 60.1 Å². The van der Waals surface area contributed by atoms with Gasteiger partial charge in [-0.05, 0) is 18.2 Å². The molecule has 0 heterocycles. The molecule has 0 aliphatic heterocycles. The predicted octanol–water partition coefficient (Wildman–Crippen LogP) is 0.852. The molecule has 0 aliphatic carbocycles. The molecule has 0 unspecified atom stereocenters. The van der Waals surface area contributed by atoms with Crippen molar-refractivity contribution in [3.8, 4) is 0 Å². The molecule has 17 heavy (non-hydrogen) atoms. The molecule has 0 amide bonds. The van der Waals surface area contributed by atoms with E-state index in [1.165, 1.54) is 12.8 Å². The van der Waals surface area contributed by atoms with Gasteiger partial charge in [-0.1, -0.05) is 6.42 Å². The Morgan fingerprint density at radius 2 is 1.24 bits per heavy atom. The van der Waals surface area contributed by atoms with Gasteiger partial charge in [0.25, 0.3) is 0 Å². The van der Waals surface area contributed by atoms with Crippen LogP contribution in [0.5, 0.6) is 0 Å². The normalized spacial score (nSPS) is 10.6. The molecule has 8 heteroatoms. The highest BCUT2D eigenvalue weighted by molar-refractivity contribution is 7.80. The van der Waals surface area contributed by atoms with Gasteiger partial charge >= 0.3 is 18.8 Å².